The van der Waals surface area contributed by atoms with Crippen LogP contribution in [0.1, 0.15) is 43.0 Å². The van der Waals surface area contributed by atoms with Gasteiger partial charge in [0.2, 0.25) is 0 Å². The van der Waals surface area contributed by atoms with Crippen LogP contribution in [0.3, 0.4) is 0 Å². The molecule has 0 bridgehead atoms. The third-order valence-corrected chi connectivity index (χ3v) is 5.67. The van der Waals surface area contributed by atoms with Crippen molar-refractivity contribution in [3.8, 4) is 0 Å². The fourth-order valence-electron chi connectivity index (χ4n) is 4.11. The maximum atomic E-state index is 12.0. The highest BCUT2D eigenvalue weighted by Gasteiger charge is 2.25. The average Bonchev–Trinajstić information content (AvgIpc) is 3.27. The van der Waals surface area contributed by atoms with Gasteiger partial charge in [0.25, 0.3) is 5.91 Å². The number of primary amides is 1. The van der Waals surface area contributed by atoms with Crippen LogP contribution in [0.15, 0.2) is 24.3 Å². The Kier molecular flexibility index (Phi) is 7.41. The highest BCUT2D eigenvalue weighted by Crippen LogP contribution is 2.27. The summed E-state index contributed by atoms with van der Waals surface area (Å²) in [4.78, 5) is 19.0. The third-order valence-electron chi connectivity index (χ3n) is 5.67. The first kappa shape index (κ1) is 21.5. The summed E-state index contributed by atoms with van der Waals surface area (Å²) in [6.45, 7) is 5.60. The van der Waals surface area contributed by atoms with E-state index in [2.05, 4.69) is 16.0 Å². The zero-order chi connectivity index (χ0) is 20.8. The molecule has 2 aliphatic rings. The summed E-state index contributed by atoms with van der Waals surface area (Å²) >= 11 is 0. The maximum absolute atomic E-state index is 12.0. The van der Waals surface area contributed by atoms with E-state index in [0.717, 1.165) is 67.8 Å². The van der Waals surface area contributed by atoms with Gasteiger partial charge in [-0.1, -0.05) is 11.6 Å². The SMILES string of the molecule is CN.Cc1ccc2nc(N3CCC(NCC4CCCO4)CC3)c(C(N)=O)cc2c1.[HH]. The molecule has 2 aromatic rings. The number of carbonyl (C=O) groups excluding carboxylic acids is 1. The van der Waals surface area contributed by atoms with Crippen LogP contribution in [0.2, 0.25) is 0 Å². The molecule has 2 saturated heterocycles. The minimum atomic E-state index is -0.417. The van der Waals surface area contributed by atoms with Gasteiger partial charge in [-0.25, -0.2) is 4.98 Å². The quantitative estimate of drug-likeness (QED) is 0.709. The molecule has 5 N–H and O–H groups in total. The standard InChI is InChI=1S/C21H28N4O2.CH5N.H2/c1-14-4-5-19-15(11-14)12-18(20(22)26)21(24-19)25-8-6-16(7-9-25)23-13-17-3-2-10-27-17;1-2;/h4-5,11-12,16-17,23H,2-3,6-10,13H2,1H3,(H2,22,26);2H2,1H3;1H. The number of amides is 1. The zero-order valence-corrected chi connectivity index (χ0v) is 17.5. The minimum Gasteiger partial charge on any atom is -0.377 e. The number of nitrogens with zero attached hydrogens (tertiary/aromatic N) is 2. The van der Waals surface area contributed by atoms with Crippen LogP contribution >= 0.6 is 0 Å². The van der Waals surface area contributed by atoms with E-state index in [-0.39, 0.29) is 1.43 Å². The van der Waals surface area contributed by atoms with Crippen LogP contribution in [0.25, 0.3) is 10.9 Å². The Labute approximate surface area is 174 Å². The summed E-state index contributed by atoms with van der Waals surface area (Å²) < 4.78 is 5.69. The molecule has 0 radical (unpaired) electrons. The van der Waals surface area contributed by atoms with Crippen molar-refractivity contribution in [2.45, 2.75) is 44.8 Å². The summed E-state index contributed by atoms with van der Waals surface area (Å²) in [5.41, 5.74) is 12.7. The van der Waals surface area contributed by atoms with Gasteiger partial charge >= 0.3 is 0 Å². The van der Waals surface area contributed by atoms with Crippen LogP contribution < -0.4 is 21.7 Å². The third kappa shape index (κ3) is 5.23. The summed E-state index contributed by atoms with van der Waals surface area (Å²) in [6, 6.07) is 8.47. The molecule has 0 aliphatic carbocycles. The summed E-state index contributed by atoms with van der Waals surface area (Å²) in [7, 11) is 1.50. The Bertz CT molecular complexity index is 834. The number of hydrogen-bond donors (Lipinski definition) is 3. The highest BCUT2D eigenvalue weighted by atomic mass is 16.5. The Morgan fingerprint density at radius 1 is 1.28 bits per heavy atom. The summed E-state index contributed by atoms with van der Waals surface area (Å²) in [5, 5.41) is 4.60. The number of rotatable bonds is 5. The highest BCUT2D eigenvalue weighted by molar-refractivity contribution is 6.01. The molecule has 4 rings (SSSR count). The maximum Gasteiger partial charge on any atom is 0.252 e. The number of benzene rings is 1. The lowest BCUT2D eigenvalue weighted by atomic mass is 10.0. The largest absolute Gasteiger partial charge is 0.377 e. The fourth-order valence-corrected chi connectivity index (χ4v) is 4.11. The molecule has 160 valence electrons. The van der Waals surface area contributed by atoms with E-state index in [4.69, 9.17) is 15.5 Å². The molecular formula is C22H35N5O2. The molecule has 1 aromatic heterocycles. The van der Waals surface area contributed by atoms with E-state index in [1.165, 1.54) is 13.5 Å². The molecule has 1 aromatic carbocycles. The summed E-state index contributed by atoms with van der Waals surface area (Å²) in [5.74, 6) is 0.302. The number of anilines is 1. The Balaban J connectivity index is 0.00000104. The molecule has 1 unspecified atom stereocenters. The van der Waals surface area contributed by atoms with E-state index >= 15 is 0 Å². The van der Waals surface area contributed by atoms with Crippen LogP contribution in [-0.4, -0.2) is 56.3 Å². The molecule has 1 amide bonds. The molecule has 3 heterocycles. The fraction of sp³-hybridized carbons (Fsp3) is 0.545. The Morgan fingerprint density at radius 3 is 2.69 bits per heavy atom. The topological polar surface area (TPSA) is 106 Å². The van der Waals surface area contributed by atoms with E-state index in [1.807, 2.05) is 31.2 Å². The first-order chi connectivity index (χ1) is 14.1. The molecule has 2 fully saturated rings. The van der Waals surface area contributed by atoms with Crippen molar-refractivity contribution >= 4 is 22.6 Å². The van der Waals surface area contributed by atoms with E-state index < -0.39 is 5.91 Å². The van der Waals surface area contributed by atoms with Crippen LogP contribution in [0, 0.1) is 6.92 Å². The van der Waals surface area contributed by atoms with Crippen LogP contribution in [-0.2, 0) is 4.74 Å². The molecule has 0 saturated carbocycles. The zero-order valence-electron chi connectivity index (χ0n) is 17.5. The van der Waals surface area contributed by atoms with Gasteiger partial charge in [0, 0.05) is 39.1 Å². The van der Waals surface area contributed by atoms with Gasteiger partial charge in [-0.3, -0.25) is 4.79 Å². The van der Waals surface area contributed by atoms with Gasteiger partial charge in [0.15, 0.2) is 0 Å². The number of piperidine rings is 1. The number of carbonyl (C=O) groups is 1. The first-order valence-electron chi connectivity index (χ1n) is 10.5. The molecule has 1 atom stereocenters. The number of ether oxygens (including phenoxy) is 1. The summed E-state index contributed by atoms with van der Waals surface area (Å²) in [6.07, 6.45) is 4.76. The van der Waals surface area contributed by atoms with Gasteiger partial charge in [-0.05, 0) is 57.9 Å². The van der Waals surface area contributed by atoms with Crippen molar-refractivity contribution < 1.29 is 11.0 Å². The Morgan fingerprint density at radius 2 is 2.03 bits per heavy atom. The van der Waals surface area contributed by atoms with Crippen LogP contribution in [0.5, 0.6) is 0 Å². The lowest BCUT2D eigenvalue weighted by molar-refractivity contribution is 0.1000. The smallest absolute Gasteiger partial charge is 0.252 e. The van der Waals surface area contributed by atoms with Gasteiger partial charge in [-0.2, -0.15) is 0 Å². The van der Waals surface area contributed by atoms with Crippen molar-refractivity contribution in [3.05, 3.63) is 35.4 Å². The predicted octanol–water partition coefficient (Wildman–Crippen LogP) is 2.20. The number of aryl methyl sites for hydroxylation is 1. The lowest BCUT2D eigenvalue weighted by Gasteiger charge is -2.34. The van der Waals surface area contributed by atoms with Crippen LogP contribution in [0.4, 0.5) is 5.82 Å². The Hall–Kier alpha value is -2.22. The molecule has 0 spiro atoms. The second-order valence-electron chi connectivity index (χ2n) is 7.72. The van der Waals surface area contributed by atoms with Gasteiger partial charge < -0.3 is 26.4 Å². The number of pyridine rings is 1. The molecule has 2 aliphatic heterocycles. The minimum absolute atomic E-state index is 0. The van der Waals surface area contributed by atoms with Crippen molar-refractivity contribution in [1.29, 1.82) is 0 Å². The second-order valence-corrected chi connectivity index (χ2v) is 7.72. The monoisotopic (exact) mass is 401 g/mol. The van der Waals surface area contributed by atoms with Gasteiger partial charge in [0.1, 0.15) is 5.82 Å². The number of hydrogen-bond acceptors (Lipinski definition) is 6. The normalized spacial score (nSPS) is 19.8. The van der Waals surface area contributed by atoms with Crippen molar-refractivity contribution in [2.75, 3.05) is 38.2 Å². The first-order valence-corrected chi connectivity index (χ1v) is 10.5. The second kappa shape index (κ2) is 10.0. The predicted molar refractivity (Wildman–Crippen MR) is 119 cm³/mol. The van der Waals surface area contributed by atoms with Crippen molar-refractivity contribution in [3.63, 3.8) is 0 Å². The molecule has 7 nitrogen and oxygen atoms in total. The number of nitrogens with one attached hydrogen (secondary N) is 1. The van der Waals surface area contributed by atoms with E-state index in [0.29, 0.717) is 17.7 Å². The molecule has 29 heavy (non-hydrogen) atoms. The number of fused-ring (bicyclic) bond motifs is 1. The van der Waals surface area contributed by atoms with Crippen molar-refractivity contribution in [1.82, 2.24) is 10.3 Å². The average molecular weight is 402 g/mol. The van der Waals surface area contributed by atoms with E-state index in [1.54, 1.807) is 0 Å². The van der Waals surface area contributed by atoms with Crippen molar-refractivity contribution in [2.24, 2.45) is 11.5 Å². The lowest BCUT2D eigenvalue weighted by Crippen LogP contribution is -2.45. The van der Waals surface area contributed by atoms with E-state index in [9.17, 15) is 4.79 Å². The number of aromatic nitrogens is 1. The van der Waals surface area contributed by atoms with Gasteiger partial charge in [-0.15, -0.1) is 0 Å². The van der Waals surface area contributed by atoms with Gasteiger partial charge in [0.05, 0.1) is 17.2 Å². The number of nitrogens with two attached hydrogens (primary N) is 2. The molecule has 7 heteroatoms. The molecular weight excluding hydrogens is 366 g/mol.